The zero-order chi connectivity index (χ0) is 21.5. The van der Waals surface area contributed by atoms with E-state index in [0.717, 1.165) is 49.4 Å². The molecule has 2 amide bonds. The maximum Gasteiger partial charge on any atom is 0.225 e. The van der Waals surface area contributed by atoms with Crippen LogP contribution in [0, 0.1) is 0 Å². The van der Waals surface area contributed by atoms with Crippen LogP contribution >= 0.6 is 0 Å². The molecule has 3 rings (SSSR count). The van der Waals surface area contributed by atoms with Crippen LogP contribution in [0.15, 0.2) is 30.3 Å². The van der Waals surface area contributed by atoms with Crippen LogP contribution in [-0.2, 0) is 9.59 Å². The van der Waals surface area contributed by atoms with E-state index in [9.17, 15) is 9.59 Å². The monoisotopic (exact) mass is 413 g/mol. The Morgan fingerprint density at radius 1 is 1.13 bits per heavy atom. The highest BCUT2D eigenvalue weighted by molar-refractivity contribution is 5.90. The molecule has 162 valence electrons. The Bertz CT molecular complexity index is 862. The van der Waals surface area contributed by atoms with Crippen molar-refractivity contribution < 1.29 is 14.3 Å². The van der Waals surface area contributed by atoms with Gasteiger partial charge in [-0.1, -0.05) is 13.3 Å². The summed E-state index contributed by atoms with van der Waals surface area (Å²) in [6.07, 6.45) is 3.17. The minimum atomic E-state index is -0.0265. The summed E-state index contributed by atoms with van der Waals surface area (Å²) in [6, 6.07) is 9.68. The highest BCUT2D eigenvalue weighted by Crippen LogP contribution is 2.26. The molecule has 0 unspecified atom stereocenters. The molecule has 8 nitrogen and oxygen atoms in total. The van der Waals surface area contributed by atoms with Gasteiger partial charge in [-0.3, -0.25) is 14.6 Å². The van der Waals surface area contributed by atoms with Crippen LogP contribution in [0.5, 0.6) is 5.75 Å². The first-order chi connectivity index (χ1) is 14.5. The second kappa shape index (κ2) is 10.1. The van der Waals surface area contributed by atoms with Crippen molar-refractivity contribution in [3.63, 3.8) is 0 Å². The molecule has 30 heavy (non-hydrogen) atoms. The minimum absolute atomic E-state index is 0.0265. The maximum atomic E-state index is 12.2. The summed E-state index contributed by atoms with van der Waals surface area (Å²) >= 11 is 0. The number of hydrogen-bond donors (Lipinski definition) is 1. The molecule has 1 aromatic carbocycles. The summed E-state index contributed by atoms with van der Waals surface area (Å²) in [5, 5.41) is 9.74. The number of carbonyl (C=O) groups is 2. The number of rotatable bonds is 7. The van der Waals surface area contributed by atoms with E-state index in [1.807, 2.05) is 40.0 Å². The fourth-order valence-electron chi connectivity index (χ4n) is 3.56. The topological polar surface area (TPSA) is 79.7 Å². The van der Waals surface area contributed by atoms with Crippen LogP contribution in [0.2, 0.25) is 0 Å². The zero-order valence-corrected chi connectivity index (χ0v) is 18.1. The average Bonchev–Trinajstić information content (AvgIpc) is 2.99. The van der Waals surface area contributed by atoms with Gasteiger partial charge < -0.3 is 15.0 Å². The fraction of sp³-hybridized carbons (Fsp3) is 0.500. The molecule has 1 fully saturated rings. The summed E-state index contributed by atoms with van der Waals surface area (Å²) in [5.74, 6) is 1.39. The van der Waals surface area contributed by atoms with Crippen molar-refractivity contribution in [2.24, 2.45) is 0 Å². The molecule has 2 aromatic rings. The third-order valence-electron chi connectivity index (χ3n) is 5.29. The summed E-state index contributed by atoms with van der Waals surface area (Å²) in [7, 11) is 1.64. The first-order valence-electron chi connectivity index (χ1n) is 10.6. The van der Waals surface area contributed by atoms with Crippen LogP contribution < -0.4 is 15.1 Å². The number of nitrogens with one attached hydrogen (secondary N) is 1. The van der Waals surface area contributed by atoms with Crippen LogP contribution in [-0.4, -0.2) is 59.9 Å². The molecule has 0 saturated carbocycles. The average molecular weight is 414 g/mol. The van der Waals surface area contributed by atoms with Gasteiger partial charge in [-0.05, 0) is 37.1 Å². The lowest BCUT2D eigenvalue weighted by molar-refractivity contribution is -0.128. The summed E-state index contributed by atoms with van der Waals surface area (Å²) < 4.78 is 5.27. The Kier molecular flexibility index (Phi) is 7.32. The van der Waals surface area contributed by atoms with Gasteiger partial charge in [0.2, 0.25) is 11.8 Å². The number of amides is 2. The molecule has 0 aliphatic carbocycles. The molecule has 8 heteroatoms. The number of hydrogen-bond acceptors (Lipinski definition) is 5. The lowest BCUT2D eigenvalue weighted by Crippen LogP contribution is -2.40. The van der Waals surface area contributed by atoms with E-state index in [0.29, 0.717) is 25.3 Å². The van der Waals surface area contributed by atoms with Gasteiger partial charge in [0.05, 0.1) is 19.3 Å². The van der Waals surface area contributed by atoms with Gasteiger partial charge in [0.15, 0.2) is 5.82 Å². The molecular formula is C22H31N5O3. The largest absolute Gasteiger partial charge is 0.497 e. The van der Waals surface area contributed by atoms with Crippen molar-refractivity contribution in [1.29, 1.82) is 0 Å². The van der Waals surface area contributed by atoms with Gasteiger partial charge in [0, 0.05) is 44.6 Å². The number of benzene rings is 1. The lowest BCUT2D eigenvalue weighted by Gasteiger charge is -2.25. The van der Waals surface area contributed by atoms with Crippen LogP contribution in [0.1, 0.15) is 39.5 Å². The van der Waals surface area contributed by atoms with Crippen molar-refractivity contribution >= 4 is 17.6 Å². The number of unbranched alkanes of at least 4 members (excludes halogenated alkanes) is 1. The molecule has 1 saturated heterocycles. The number of nitrogens with zero attached hydrogens (tertiary/aromatic N) is 4. The van der Waals surface area contributed by atoms with Crippen molar-refractivity contribution in [2.75, 3.05) is 43.6 Å². The molecule has 0 radical (unpaired) electrons. The Balaban J connectivity index is 1.88. The van der Waals surface area contributed by atoms with Crippen LogP contribution in [0.4, 0.5) is 5.82 Å². The third-order valence-corrected chi connectivity index (χ3v) is 5.29. The number of anilines is 1. The Morgan fingerprint density at radius 2 is 1.90 bits per heavy atom. The molecule has 0 atom stereocenters. The van der Waals surface area contributed by atoms with Gasteiger partial charge in [0.25, 0.3) is 0 Å². The van der Waals surface area contributed by atoms with Gasteiger partial charge in [0.1, 0.15) is 5.75 Å². The zero-order valence-electron chi connectivity index (χ0n) is 18.1. The molecule has 0 bridgehead atoms. The van der Waals surface area contributed by atoms with Gasteiger partial charge >= 0.3 is 0 Å². The predicted octanol–water partition coefficient (Wildman–Crippen LogP) is 2.88. The molecule has 2 heterocycles. The SMILES string of the molecule is CCCCC(=O)Nc1cc(-c2ccc(OC)cc2)n(N2CCCN(C(C)=O)CC2)n1. The second-order valence-corrected chi connectivity index (χ2v) is 7.50. The van der Waals surface area contributed by atoms with E-state index in [1.54, 1.807) is 14.0 Å². The number of ether oxygens (including phenoxy) is 1. The summed E-state index contributed by atoms with van der Waals surface area (Å²) in [4.78, 5) is 27.7. The van der Waals surface area contributed by atoms with Crippen molar-refractivity contribution in [3.05, 3.63) is 30.3 Å². The van der Waals surface area contributed by atoms with Crippen molar-refractivity contribution in [3.8, 4) is 17.0 Å². The second-order valence-electron chi connectivity index (χ2n) is 7.50. The molecule has 1 N–H and O–H groups in total. The lowest BCUT2D eigenvalue weighted by atomic mass is 10.1. The number of carbonyl (C=O) groups excluding carboxylic acids is 2. The maximum absolute atomic E-state index is 12.2. The molecule has 1 aliphatic rings. The van der Waals surface area contributed by atoms with Crippen LogP contribution in [0.3, 0.4) is 0 Å². The Labute approximate surface area is 177 Å². The Hall–Kier alpha value is -3.03. The van der Waals surface area contributed by atoms with E-state index >= 15 is 0 Å². The number of aromatic nitrogens is 2. The van der Waals surface area contributed by atoms with E-state index in [4.69, 9.17) is 4.74 Å². The van der Waals surface area contributed by atoms with Crippen molar-refractivity contribution in [2.45, 2.75) is 39.5 Å². The summed E-state index contributed by atoms with van der Waals surface area (Å²) in [5.41, 5.74) is 1.87. The highest BCUT2D eigenvalue weighted by Gasteiger charge is 2.21. The first-order valence-corrected chi connectivity index (χ1v) is 10.6. The minimum Gasteiger partial charge on any atom is -0.497 e. The van der Waals surface area contributed by atoms with Gasteiger partial charge in [-0.25, -0.2) is 0 Å². The summed E-state index contributed by atoms with van der Waals surface area (Å²) in [6.45, 7) is 6.51. The van der Waals surface area contributed by atoms with Crippen LogP contribution in [0.25, 0.3) is 11.3 Å². The highest BCUT2D eigenvalue weighted by atomic mass is 16.5. The normalized spacial score (nSPS) is 14.4. The molecule has 1 aliphatic heterocycles. The fourth-order valence-corrected chi connectivity index (χ4v) is 3.56. The van der Waals surface area contributed by atoms with Crippen molar-refractivity contribution in [1.82, 2.24) is 14.8 Å². The van der Waals surface area contributed by atoms with Gasteiger partial charge in [-0.15, -0.1) is 5.10 Å². The third kappa shape index (κ3) is 5.31. The van der Waals surface area contributed by atoms with E-state index in [1.165, 1.54) is 0 Å². The van der Waals surface area contributed by atoms with Gasteiger partial charge in [-0.2, -0.15) is 4.79 Å². The standard InChI is InChI=1S/C22H31N5O3/c1-4-5-7-22(29)23-21-16-20(18-8-10-19(30-3)11-9-18)27(24-21)26-13-6-12-25(14-15-26)17(2)28/h8-11,16H,4-7,12-15H2,1-3H3,(H,23,24,29). The quantitative estimate of drug-likeness (QED) is 0.755. The number of methoxy groups -OCH3 is 1. The Morgan fingerprint density at radius 3 is 2.57 bits per heavy atom. The molecule has 1 aromatic heterocycles. The van der Waals surface area contributed by atoms with E-state index in [-0.39, 0.29) is 11.8 Å². The first kappa shape index (κ1) is 21.7. The smallest absolute Gasteiger partial charge is 0.225 e. The van der Waals surface area contributed by atoms with E-state index < -0.39 is 0 Å². The molecule has 0 spiro atoms. The molecular weight excluding hydrogens is 382 g/mol. The van der Waals surface area contributed by atoms with E-state index in [2.05, 4.69) is 22.3 Å². The predicted molar refractivity (Wildman–Crippen MR) is 117 cm³/mol.